The molecule has 190 valence electrons. The van der Waals surface area contributed by atoms with Crippen molar-refractivity contribution in [2.45, 2.75) is 17.9 Å². The van der Waals surface area contributed by atoms with Crippen LogP contribution in [0.5, 0.6) is 0 Å². The predicted octanol–water partition coefficient (Wildman–Crippen LogP) is 2.51. The first-order chi connectivity index (χ1) is 17.7. The number of anilines is 1. The second kappa shape index (κ2) is 12.4. The molecule has 0 aliphatic carbocycles. The minimum absolute atomic E-state index is 0.0800. The molecule has 0 fully saturated rings. The van der Waals surface area contributed by atoms with Gasteiger partial charge in [-0.2, -0.15) is 9.98 Å². The van der Waals surface area contributed by atoms with Crippen molar-refractivity contribution < 1.29 is 27.5 Å². The van der Waals surface area contributed by atoms with Gasteiger partial charge in [0.25, 0.3) is 11.8 Å². The lowest BCUT2D eigenvalue weighted by Gasteiger charge is -2.16. The highest BCUT2D eigenvalue weighted by Gasteiger charge is 2.20. The Balaban J connectivity index is 1.54. The van der Waals surface area contributed by atoms with Gasteiger partial charge in [0, 0.05) is 0 Å². The van der Waals surface area contributed by atoms with Crippen molar-refractivity contribution in [3.63, 3.8) is 0 Å². The maximum atomic E-state index is 12.8. The summed E-state index contributed by atoms with van der Waals surface area (Å²) in [6, 6.07) is 22.7. The molecular formula is C26H24N4O6S. The number of amides is 2. The van der Waals surface area contributed by atoms with Crippen molar-refractivity contribution in [1.29, 1.82) is 5.26 Å². The molecule has 3 aromatic carbocycles. The first-order valence-electron chi connectivity index (χ1n) is 11.1. The summed E-state index contributed by atoms with van der Waals surface area (Å²) in [7, 11) is -4.15. The van der Waals surface area contributed by atoms with Crippen LogP contribution in [-0.4, -0.2) is 39.4 Å². The highest BCUT2D eigenvalue weighted by Crippen LogP contribution is 2.18. The molecule has 0 spiro atoms. The lowest BCUT2D eigenvalue weighted by atomic mass is 10.1. The molecule has 0 saturated carbocycles. The molecule has 0 radical (unpaired) electrons. The van der Waals surface area contributed by atoms with Crippen molar-refractivity contribution in [2.75, 3.05) is 18.5 Å². The second-order valence-corrected chi connectivity index (χ2v) is 9.53. The monoisotopic (exact) mass is 520 g/mol. The van der Waals surface area contributed by atoms with E-state index in [1.807, 2.05) is 42.0 Å². The number of carbonyl (C=O) groups excluding carboxylic acids is 3. The number of carbonyl (C=O) groups is 3. The molecule has 0 bridgehead atoms. The zero-order valence-corrected chi connectivity index (χ0v) is 20.6. The van der Waals surface area contributed by atoms with E-state index >= 15 is 0 Å². The van der Waals surface area contributed by atoms with E-state index in [2.05, 4.69) is 10.6 Å². The topological polar surface area (TPSA) is 154 Å². The van der Waals surface area contributed by atoms with Gasteiger partial charge in [0.15, 0.2) is 6.61 Å². The van der Waals surface area contributed by atoms with Crippen LogP contribution in [0.3, 0.4) is 0 Å². The van der Waals surface area contributed by atoms with E-state index in [1.165, 1.54) is 30.3 Å². The van der Waals surface area contributed by atoms with Crippen molar-refractivity contribution in [3.8, 4) is 6.07 Å². The standard InChI is InChI=1S/C26H24N4O6S/c1-18(19-9-3-2-4-10-19)29-26(33)21-12-6-7-13-22(21)30-24(31)17-36-25(32)16-28-37(34,35)23-14-8-5-11-20(23)15-27/h2-14,18,28H,16-17H2,1H3,(H,29,33)(H,30,31)/t18-/m0/s1. The summed E-state index contributed by atoms with van der Waals surface area (Å²) < 4.78 is 31.6. The van der Waals surface area contributed by atoms with Crippen molar-refractivity contribution in [2.24, 2.45) is 0 Å². The molecule has 0 unspecified atom stereocenters. The minimum Gasteiger partial charge on any atom is -0.455 e. The summed E-state index contributed by atoms with van der Waals surface area (Å²) in [5.74, 6) is -2.13. The van der Waals surface area contributed by atoms with Crippen LogP contribution in [0.4, 0.5) is 5.69 Å². The first kappa shape index (κ1) is 27.1. The zero-order valence-electron chi connectivity index (χ0n) is 19.8. The van der Waals surface area contributed by atoms with Gasteiger partial charge in [-0.3, -0.25) is 14.4 Å². The van der Waals surface area contributed by atoms with E-state index in [0.29, 0.717) is 0 Å². The summed E-state index contributed by atoms with van der Waals surface area (Å²) in [5, 5.41) is 14.5. The number of rotatable bonds is 10. The van der Waals surface area contributed by atoms with Crippen molar-refractivity contribution in [1.82, 2.24) is 10.0 Å². The van der Waals surface area contributed by atoms with Gasteiger partial charge in [0.2, 0.25) is 10.0 Å². The summed E-state index contributed by atoms with van der Waals surface area (Å²) in [6.07, 6.45) is 0. The Bertz CT molecular complexity index is 1430. The molecule has 1 atom stereocenters. The lowest BCUT2D eigenvalue weighted by Crippen LogP contribution is -2.33. The number of para-hydroxylation sites is 1. The molecule has 37 heavy (non-hydrogen) atoms. The number of esters is 1. The van der Waals surface area contributed by atoms with E-state index < -0.39 is 41.0 Å². The molecule has 0 aromatic heterocycles. The Morgan fingerprint density at radius 2 is 1.59 bits per heavy atom. The van der Waals surface area contributed by atoms with E-state index in [9.17, 15) is 22.8 Å². The third-order valence-corrected chi connectivity index (χ3v) is 6.62. The average molecular weight is 521 g/mol. The molecular weight excluding hydrogens is 496 g/mol. The third kappa shape index (κ3) is 7.47. The fourth-order valence-corrected chi connectivity index (χ4v) is 4.42. The molecule has 0 saturated heterocycles. The summed E-state index contributed by atoms with van der Waals surface area (Å²) in [6.45, 7) is 0.387. The average Bonchev–Trinajstić information content (AvgIpc) is 2.91. The van der Waals surface area contributed by atoms with Gasteiger partial charge < -0.3 is 15.4 Å². The maximum absolute atomic E-state index is 12.8. The van der Waals surface area contributed by atoms with Crippen LogP contribution in [-0.2, 0) is 24.3 Å². The highest BCUT2D eigenvalue weighted by atomic mass is 32.2. The van der Waals surface area contributed by atoms with Gasteiger partial charge in [-0.05, 0) is 36.8 Å². The van der Waals surface area contributed by atoms with Gasteiger partial charge in [0.1, 0.15) is 12.6 Å². The molecule has 0 aliphatic rings. The van der Waals surface area contributed by atoms with E-state index in [1.54, 1.807) is 24.3 Å². The Hall–Kier alpha value is -4.53. The molecule has 0 aliphatic heterocycles. The number of nitriles is 1. The lowest BCUT2D eigenvalue weighted by molar-refractivity contribution is -0.146. The molecule has 10 nitrogen and oxygen atoms in total. The fraction of sp³-hybridized carbons (Fsp3) is 0.154. The Morgan fingerprint density at radius 1 is 0.946 bits per heavy atom. The Labute approximate surface area is 214 Å². The van der Waals surface area contributed by atoms with Gasteiger partial charge in [-0.25, -0.2) is 8.42 Å². The van der Waals surface area contributed by atoms with Crippen LogP contribution in [0, 0.1) is 11.3 Å². The fourth-order valence-electron chi connectivity index (χ4n) is 3.30. The van der Waals surface area contributed by atoms with Gasteiger partial charge in [-0.1, -0.05) is 54.6 Å². The minimum atomic E-state index is -4.15. The summed E-state index contributed by atoms with van der Waals surface area (Å²) in [4.78, 5) is 36.9. The molecule has 3 rings (SSSR count). The zero-order chi connectivity index (χ0) is 26.8. The number of sulfonamides is 1. The SMILES string of the molecule is C[C@H](NC(=O)c1ccccc1NC(=O)COC(=O)CNS(=O)(=O)c1ccccc1C#N)c1ccccc1. The number of benzene rings is 3. The Morgan fingerprint density at radius 3 is 2.32 bits per heavy atom. The highest BCUT2D eigenvalue weighted by molar-refractivity contribution is 7.89. The number of nitrogens with one attached hydrogen (secondary N) is 3. The Kier molecular flexibility index (Phi) is 9.10. The van der Waals surface area contributed by atoms with Crippen molar-refractivity contribution >= 4 is 33.5 Å². The van der Waals surface area contributed by atoms with E-state index in [4.69, 9.17) is 10.00 Å². The van der Waals surface area contributed by atoms with E-state index in [-0.39, 0.29) is 27.8 Å². The van der Waals surface area contributed by atoms with E-state index in [0.717, 1.165) is 5.56 Å². The van der Waals surface area contributed by atoms with Crippen molar-refractivity contribution in [3.05, 3.63) is 95.6 Å². The summed E-state index contributed by atoms with van der Waals surface area (Å²) >= 11 is 0. The number of hydrogen-bond acceptors (Lipinski definition) is 7. The van der Waals surface area contributed by atoms with Crippen LogP contribution < -0.4 is 15.4 Å². The third-order valence-electron chi connectivity index (χ3n) is 5.16. The molecule has 11 heteroatoms. The quantitative estimate of drug-likeness (QED) is 0.347. The van der Waals surface area contributed by atoms with Crippen LogP contribution in [0.15, 0.2) is 83.8 Å². The second-order valence-electron chi connectivity index (χ2n) is 7.79. The number of ether oxygens (including phenoxy) is 1. The molecule has 0 heterocycles. The summed E-state index contributed by atoms with van der Waals surface area (Å²) in [5.41, 5.74) is 1.27. The number of hydrogen-bond donors (Lipinski definition) is 3. The van der Waals surface area contributed by atoms with Gasteiger partial charge in [0.05, 0.1) is 27.8 Å². The van der Waals surface area contributed by atoms with Gasteiger partial charge in [-0.15, -0.1) is 0 Å². The van der Waals surface area contributed by atoms with Crippen LogP contribution in [0.2, 0.25) is 0 Å². The van der Waals surface area contributed by atoms with Crippen LogP contribution >= 0.6 is 0 Å². The molecule has 2 amide bonds. The van der Waals surface area contributed by atoms with Gasteiger partial charge >= 0.3 is 5.97 Å². The van der Waals surface area contributed by atoms with Crippen LogP contribution in [0.25, 0.3) is 0 Å². The smallest absolute Gasteiger partial charge is 0.321 e. The first-order valence-corrected chi connectivity index (χ1v) is 12.6. The maximum Gasteiger partial charge on any atom is 0.321 e. The predicted molar refractivity (Wildman–Crippen MR) is 135 cm³/mol. The molecule has 3 aromatic rings. The largest absolute Gasteiger partial charge is 0.455 e. The normalized spacial score (nSPS) is 11.6. The number of nitrogens with zero attached hydrogens (tertiary/aromatic N) is 1. The molecule has 3 N–H and O–H groups in total. The van der Waals surface area contributed by atoms with Crippen LogP contribution in [0.1, 0.15) is 34.5 Å².